The first-order valence-electron chi connectivity index (χ1n) is 14.2. The van der Waals surface area contributed by atoms with Crippen molar-refractivity contribution in [1.82, 2.24) is 24.6 Å². The van der Waals surface area contributed by atoms with Crippen LogP contribution in [-0.2, 0) is 9.47 Å². The van der Waals surface area contributed by atoms with E-state index in [0.29, 0.717) is 39.8 Å². The Morgan fingerprint density at radius 3 is 2.38 bits per heavy atom. The monoisotopic (exact) mass is 656 g/mol. The van der Waals surface area contributed by atoms with Crippen molar-refractivity contribution < 1.29 is 27.8 Å². The second kappa shape index (κ2) is 10.8. The second-order valence-electron chi connectivity index (χ2n) is 12.9. The van der Waals surface area contributed by atoms with Crippen molar-refractivity contribution in [3.63, 3.8) is 0 Å². The van der Waals surface area contributed by atoms with Crippen LogP contribution >= 0.6 is 22.9 Å². The van der Waals surface area contributed by atoms with Crippen molar-refractivity contribution in [2.75, 3.05) is 18.4 Å². The summed E-state index contributed by atoms with van der Waals surface area (Å²) in [7, 11) is 0. The molecule has 14 heteroatoms. The van der Waals surface area contributed by atoms with E-state index in [-0.39, 0.29) is 38.4 Å². The molecular weight excluding hydrogens is 626 g/mol. The van der Waals surface area contributed by atoms with E-state index in [1.807, 2.05) is 6.92 Å². The zero-order valence-corrected chi connectivity index (χ0v) is 27.3. The maximum absolute atomic E-state index is 16.5. The molecule has 0 unspecified atom stereocenters. The quantitative estimate of drug-likeness (QED) is 0.208. The molecular formula is C31H31ClF2N6O4S. The van der Waals surface area contributed by atoms with Crippen molar-refractivity contribution in [2.24, 2.45) is 0 Å². The van der Waals surface area contributed by atoms with Crippen LogP contribution in [0.3, 0.4) is 0 Å². The number of fused-ring (bicyclic) bond motifs is 4. The minimum Gasteiger partial charge on any atom is -0.444 e. The number of benzene rings is 2. The molecule has 4 heterocycles. The molecule has 3 aromatic heterocycles. The molecule has 0 aliphatic carbocycles. The number of halogens is 3. The zero-order chi connectivity index (χ0) is 32.6. The molecule has 2 amide bonds. The number of likely N-dealkylation sites (tertiary alicyclic amines) is 1. The van der Waals surface area contributed by atoms with E-state index in [4.69, 9.17) is 26.2 Å². The van der Waals surface area contributed by atoms with Crippen LogP contribution in [0.1, 0.15) is 53.3 Å². The standard InChI is InChI=1S/C31H31ClF2N6O4S/c1-14-17-11-35-24-16(26(17)40(38-14)15-12-39(13-15)29(42)44-31(5,6)7)10-18(32)21(23(24)34)22-19(33)8-9-20-25(22)36-27(45-20)37-28(41)43-30(2,3)4/h8-11,15H,12-13H2,1-7H3,(H,36,37,41). The number of carbonyl (C=O) groups excluding carboxylic acids is 2. The van der Waals surface area contributed by atoms with E-state index in [2.05, 4.69) is 15.3 Å². The lowest BCUT2D eigenvalue weighted by atomic mass is 9.99. The van der Waals surface area contributed by atoms with E-state index in [1.54, 1.807) is 57.2 Å². The molecule has 10 nitrogen and oxygen atoms in total. The van der Waals surface area contributed by atoms with Gasteiger partial charge in [-0.3, -0.25) is 15.0 Å². The number of hydrogen-bond acceptors (Lipinski definition) is 8. The van der Waals surface area contributed by atoms with Crippen LogP contribution in [0.5, 0.6) is 0 Å². The van der Waals surface area contributed by atoms with Gasteiger partial charge in [-0.25, -0.2) is 23.4 Å². The number of carbonyl (C=O) groups is 2. The molecule has 1 fully saturated rings. The molecule has 0 atom stereocenters. The average molecular weight is 657 g/mol. The Bertz CT molecular complexity index is 2020. The highest BCUT2D eigenvalue weighted by atomic mass is 35.5. The SMILES string of the molecule is Cc1nn(C2CN(C(=O)OC(C)(C)C)C2)c2c1cnc1c(F)c(-c3c(F)ccc4sc(NC(=O)OC(C)(C)C)nc34)c(Cl)cc12. The first-order valence-corrected chi connectivity index (χ1v) is 15.4. The first kappa shape index (κ1) is 30.9. The maximum atomic E-state index is 16.5. The molecule has 0 radical (unpaired) electrons. The van der Waals surface area contributed by atoms with Gasteiger partial charge in [0.15, 0.2) is 10.9 Å². The molecule has 45 heavy (non-hydrogen) atoms. The predicted octanol–water partition coefficient (Wildman–Crippen LogP) is 8.24. The van der Waals surface area contributed by atoms with Crippen LogP contribution < -0.4 is 5.32 Å². The molecule has 1 aliphatic heterocycles. The van der Waals surface area contributed by atoms with Crippen LogP contribution in [-0.4, -0.2) is 61.1 Å². The third-order valence-electron chi connectivity index (χ3n) is 7.13. The Morgan fingerprint density at radius 2 is 1.71 bits per heavy atom. The van der Waals surface area contributed by atoms with Crippen LogP contribution in [0.15, 0.2) is 24.4 Å². The Hall–Kier alpha value is -4.10. The van der Waals surface area contributed by atoms with E-state index >= 15 is 8.78 Å². The number of thiazole rings is 1. The number of hydrogen-bond donors (Lipinski definition) is 1. The molecule has 2 aromatic carbocycles. The summed E-state index contributed by atoms with van der Waals surface area (Å²) in [4.78, 5) is 35.2. The van der Waals surface area contributed by atoms with E-state index in [1.165, 1.54) is 18.3 Å². The number of pyridine rings is 1. The number of anilines is 1. The van der Waals surface area contributed by atoms with Crippen molar-refractivity contribution in [3.8, 4) is 11.1 Å². The van der Waals surface area contributed by atoms with Crippen LogP contribution in [0.2, 0.25) is 5.02 Å². The molecule has 5 aromatic rings. The minimum absolute atomic E-state index is 0.0230. The zero-order valence-electron chi connectivity index (χ0n) is 25.7. The van der Waals surface area contributed by atoms with Gasteiger partial charge in [0.05, 0.1) is 32.5 Å². The maximum Gasteiger partial charge on any atom is 0.413 e. The molecule has 1 aliphatic rings. The van der Waals surface area contributed by atoms with E-state index < -0.39 is 35.0 Å². The summed E-state index contributed by atoms with van der Waals surface area (Å²) in [6.45, 7) is 13.1. The Morgan fingerprint density at radius 1 is 1.02 bits per heavy atom. The highest BCUT2D eigenvalue weighted by Crippen LogP contribution is 2.43. The molecule has 1 saturated heterocycles. The number of nitrogens with zero attached hydrogens (tertiary/aromatic N) is 5. The van der Waals surface area contributed by atoms with Gasteiger partial charge in [0.25, 0.3) is 0 Å². The third kappa shape index (κ3) is 5.74. The van der Waals surface area contributed by atoms with E-state index in [0.717, 1.165) is 11.3 Å². The smallest absolute Gasteiger partial charge is 0.413 e. The molecule has 0 saturated carbocycles. The lowest BCUT2D eigenvalue weighted by molar-refractivity contribution is 0.000143. The summed E-state index contributed by atoms with van der Waals surface area (Å²) in [5.74, 6) is -1.56. The van der Waals surface area contributed by atoms with Crippen LogP contribution in [0, 0.1) is 18.6 Å². The largest absolute Gasteiger partial charge is 0.444 e. The Labute approximate surface area is 266 Å². The summed E-state index contributed by atoms with van der Waals surface area (Å²) in [6.07, 6.45) is 0.392. The summed E-state index contributed by atoms with van der Waals surface area (Å²) in [6, 6.07) is 4.07. The molecule has 6 rings (SSSR count). The number of rotatable bonds is 3. The Kier molecular flexibility index (Phi) is 7.39. The van der Waals surface area contributed by atoms with Gasteiger partial charge >= 0.3 is 12.2 Å². The number of amides is 2. The highest BCUT2D eigenvalue weighted by molar-refractivity contribution is 7.22. The average Bonchev–Trinajstić information content (AvgIpc) is 3.42. The van der Waals surface area contributed by atoms with Crippen molar-refractivity contribution in [1.29, 1.82) is 0 Å². The molecule has 1 N–H and O–H groups in total. The minimum atomic E-state index is -0.824. The fourth-order valence-corrected chi connectivity index (χ4v) is 6.40. The van der Waals surface area contributed by atoms with Gasteiger partial charge in [0.2, 0.25) is 0 Å². The van der Waals surface area contributed by atoms with Crippen LogP contribution in [0.4, 0.5) is 23.5 Å². The number of aromatic nitrogens is 4. The van der Waals surface area contributed by atoms with Gasteiger partial charge in [-0.1, -0.05) is 22.9 Å². The summed E-state index contributed by atoms with van der Waals surface area (Å²) >= 11 is 7.83. The van der Waals surface area contributed by atoms with Gasteiger partial charge in [0.1, 0.15) is 22.5 Å². The van der Waals surface area contributed by atoms with Crippen LogP contribution in [0.25, 0.3) is 43.1 Å². The fourth-order valence-electron chi connectivity index (χ4n) is 5.26. The van der Waals surface area contributed by atoms with Crippen molar-refractivity contribution in [3.05, 3.63) is 46.7 Å². The van der Waals surface area contributed by atoms with Crippen molar-refractivity contribution in [2.45, 2.75) is 65.7 Å². The molecule has 0 spiro atoms. The van der Waals surface area contributed by atoms with E-state index in [9.17, 15) is 9.59 Å². The van der Waals surface area contributed by atoms with Crippen molar-refractivity contribution >= 4 is 72.3 Å². The lowest BCUT2D eigenvalue weighted by Crippen LogP contribution is -2.52. The third-order valence-corrected chi connectivity index (χ3v) is 8.36. The number of ether oxygens (including phenoxy) is 2. The lowest BCUT2D eigenvalue weighted by Gasteiger charge is -2.40. The fraction of sp³-hybridized carbons (Fsp3) is 0.387. The predicted molar refractivity (Wildman–Crippen MR) is 170 cm³/mol. The van der Waals surface area contributed by atoms with Gasteiger partial charge in [-0.15, -0.1) is 0 Å². The molecule has 236 valence electrons. The first-order chi connectivity index (χ1) is 21.0. The topological polar surface area (TPSA) is 111 Å². The summed E-state index contributed by atoms with van der Waals surface area (Å²) in [5, 5.41) is 8.45. The van der Waals surface area contributed by atoms with Gasteiger partial charge in [-0.05, 0) is 66.7 Å². The second-order valence-corrected chi connectivity index (χ2v) is 14.4. The summed E-state index contributed by atoms with van der Waals surface area (Å²) in [5.41, 5.74) is -0.310. The van der Waals surface area contributed by atoms with Gasteiger partial charge < -0.3 is 14.4 Å². The Balaban J connectivity index is 1.42. The van der Waals surface area contributed by atoms with Gasteiger partial charge in [0, 0.05) is 41.2 Å². The summed E-state index contributed by atoms with van der Waals surface area (Å²) < 4.78 is 45.0. The normalized spacial score (nSPS) is 14.3. The number of nitrogens with one attached hydrogen (secondary N) is 1. The number of aryl methyl sites for hydroxylation is 1. The highest BCUT2D eigenvalue weighted by Gasteiger charge is 2.37. The molecule has 0 bridgehead atoms. The van der Waals surface area contributed by atoms with Gasteiger partial charge in [-0.2, -0.15) is 5.10 Å².